The van der Waals surface area contributed by atoms with Gasteiger partial charge in [-0.1, -0.05) is 24.6 Å². The van der Waals surface area contributed by atoms with Gasteiger partial charge in [0.15, 0.2) is 11.8 Å². The third-order valence-corrected chi connectivity index (χ3v) is 5.31. The summed E-state index contributed by atoms with van der Waals surface area (Å²) >= 11 is 0. The summed E-state index contributed by atoms with van der Waals surface area (Å²) in [5.74, 6) is 2.94. The van der Waals surface area contributed by atoms with Crippen molar-refractivity contribution < 1.29 is 0 Å². The molecule has 0 saturated heterocycles. The third kappa shape index (κ3) is 6.21. The molecule has 7 heteroatoms. The fourth-order valence-electron chi connectivity index (χ4n) is 3.74. The van der Waals surface area contributed by atoms with E-state index in [0.717, 1.165) is 63.2 Å². The minimum absolute atomic E-state index is 0.563. The van der Waals surface area contributed by atoms with Gasteiger partial charge in [-0.2, -0.15) is 0 Å². The Kier molecular flexibility index (Phi) is 8.34. The summed E-state index contributed by atoms with van der Waals surface area (Å²) < 4.78 is 2.26. The predicted molar refractivity (Wildman–Crippen MR) is 119 cm³/mol. The first-order chi connectivity index (χ1) is 14.3. The molecular formula is C22H35N7. The van der Waals surface area contributed by atoms with Gasteiger partial charge >= 0.3 is 0 Å². The summed E-state index contributed by atoms with van der Waals surface area (Å²) in [6.07, 6.45) is 5.77. The average molecular weight is 398 g/mol. The summed E-state index contributed by atoms with van der Waals surface area (Å²) in [6, 6.07) is 10.6. The molecule has 1 aromatic heterocycles. The van der Waals surface area contributed by atoms with Crippen LogP contribution in [-0.4, -0.2) is 46.9 Å². The second-order valence-corrected chi connectivity index (χ2v) is 7.39. The quantitative estimate of drug-likeness (QED) is 0.387. The van der Waals surface area contributed by atoms with Crippen LogP contribution >= 0.6 is 0 Å². The molecule has 7 nitrogen and oxygen atoms in total. The highest BCUT2D eigenvalue weighted by molar-refractivity contribution is 5.79. The van der Waals surface area contributed by atoms with Crippen molar-refractivity contribution in [1.29, 1.82) is 0 Å². The summed E-state index contributed by atoms with van der Waals surface area (Å²) in [5, 5.41) is 15.6. The van der Waals surface area contributed by atoms with Crippen molar-refractivity contribution in [3.63, 3.8) is 0 Å². The molecule has 0 unspecified atom stereocenters. The lowest BCUT2D eigenvalue weighted by molar-refractivity contribution is 0.605. The van der Waals surface area contributed by atoms with E-state index in [4.69, 9.17) is 4.99 Å². The second kappa shape index (κ2) is 11.4. The Morgan fingerprint density at radius 2 is 1.97 bits per heavy atom. The van der Waals surface area contributed by atoms with Gasteiger partial charge in [0, 0.05) is 44.8 Å². The normalized spacial score (nSPS) is 14.2. The van der Waals surface area contributed by atoms with Crippen molar-refractivity contribution >= 4 is 11.6 Å². The Hall–Kier alpha value is -2.57. The zero-order chi connectivity index (χ0) is 20.3. The van der Waals surface area contributed by atoms with E-state index in [1.165, 1.54) is 24.9 Å². The van der Waals surface area contributed by atoms with E-state index in [2.05, 4.69) is 74.5 Å². The van der Waals surface area contributed by atoms with Crippen LogP contribution in [-0.2, 0) is 19.5 Å². The van der Waals surface area contributed by atoms with Crippen LogP contribution in [0.15, 0.2) is 35.3 Å². The Morgan fingerprint density at radius 1 is 1.10 bits per heavy atom. The summed E-state index contributed by atoms with van der Waals surface area (Å²) in [7, 11) is 0. The molecule has 0 aliphatic carbocycles. The van der Waals surface area contributed by atoms with Crippen LogP contribution in [0.2, 0.25) is 0 Å². The molecule has 0 saturated carbocycles. The van der Waals surface area contributed by atoms with Crippen molar-refractivity contribution in [2.45, 2.75) is 59.0 Å². The van der Waals surface area contributed by atoms with Gasteiger partial charge in [-0.25, -0.2) is 4.99 Å². The van der Waals surface area contributed by atoms with Crippen LogP contribution in [0, 0.1) is 0 Å². The Bertz CT molecular complexity index is 754. The van der Waals surface area contributed by atoms with E-state index >= 15 is 0 Å². The Morgan fingerprint density at radius 3 is 2.76 bits per heavy atom. The van der Waals surface area contributed by atoms with Gasteiger partial charge in [0.05, 0.1) is 0 Å². The second-order valence-electron chi connectivity index (χ2n) is 7.39. The fraction of sp³-hybridized carbons (Fsp3) is 0.591. The topological polar surface area (TPSA) is 70.4 Å². The van der Waals surface area contributed by atoms with Gasteiger partial charge < -0.3 is 20.1 Å². The van der Waals surface area contributed by atoms with E-state index in [1.54, 1.807) is 0 Å². The number of hydrogen-bond acceptors (Lipinski definition) is 4. The molecule has 1 aromatic carbocycles. The third-order valence-electron chi connectivity index (χ3n) is 5.31. The maximum absolute atomic E-state index is 4.75. The highest BCUT2D eigenvalue weighted by Gasteiger charge is 2.14. The number of anilines is 1. The van der Waals surface area contributed by atoms with Gasteiger partial charge in [-0.3, -0.25) is 0 Å². The van der Waals surface area contributed by atoms with E-state index in [1.807, 2.05) is 0 Å². The van der Waals surface area contributed by atoms with E-state index in [-0.39, 0.29) is 0 Å². The molecule has 1 aliphatic heterocycles. The molecule has 2 N–H and O–H groups in total. The molecule has 0 bridgehead atoms. The van der Waals surface area contributed by atoms with Crippen LogP contribution in [0.3, 0.4) is 0 Å². The number of hydrogen-bond donors (Lipinski definition) is 2. The number of guanidine groups is 1. The number of aryl methyl sites for hydroxylation is 1. The lowest BCUT2D eigenvalue weighted by Crippen LogP contribution is -2.39. The van der Waals surface area contributed by atoms with Crippen molar-refractivity contribution in [3.8, 4) is 0 Å². The molecule has 0 amide bonds. The molecule has 29 heavy (non-hydrogen) atoms. The largest absolute Gasteiger partial charge is 0.372 e. The fourth-order valence-corrected chi connectivity index (χ4v) is 3.74. The number of aliphatic imine (C=N–C) groups is 1. The molecule has 158 valence electrons. The van der Waals surface area contributed by atoms with Crippen molar-refractivity contribution in [3.05, 3.63) is 42.0 Å². The van der Waals surface area contributed by atoms with E-state index in [9.17, 15) is 0 Å². The van der Waals surface area contributed by atoms with Crippen LogP contribution in [0.25, 0.3) is 0 Å². The number of rotatable bonds is 9. The predicted octanol–water partition coefficient (Wildman–Crippen LogP) is 2.98. The lowest BCUT2D eigenvalue weighted by Gasteiger charge is -2.23. The molecule has 1 aliphatic rings. The first kappa shape index (κ1) is 21.1. The average Bonchev–Trinajstić information content (AvgIpc) is 2.98. The number of nitrogens with zero attached hydrogens (tertiary/aromatic N) is 5. The lowest BCUT2D eigenvalue weighted by atomic mass is 10.2. The van der Waals surface area contributed by atoms with Crippen LogP contribution < -0.4 is 15.5 Å². The van der Waals surface area contributed by atoms with Crippen molar-refractivity contribution in [1.82, 2.24) is 25.4 Å². The number of aromatic nitrogens is 3. The first-order valence-corrected chi connectivity index (χ1v) is 11.0. The smallest absolute Gasteiger partial charge is 0.191 e. The molecule has 0 spiro atoms. The van der Waals surface area contributed by atoms with Crippen LogP contribution in [0.4, 0.5) is 5.69 Å². The highest BCUT2D eigenvalue weighted by Crippen LogP contribution is 2.15. The van der Waals surface area contributed by atoms with E-state index in [0.29, 0.717) is 6.54 Å². The number of benzene rings is 1. The number of fused-ring (bicyclic) bond motifs is 1. The molecule has 3 rings (SSSR count). The molecular weight excluding hydrogens is 362 g/mol. The van der Waals surface area contributed by atoms with Gasteiger partial charge in [0.2, 0.25) is 0 Å². The first-order valence-electron chi connectivity index (χ1n) is 11.0. The van der Waals surface area contributed by atoms with E-state index < -0.39 is 0 Å². The maximum atomic E-state index is 4.75. The molecule has 0 fully saturated rings. The summed E-state index contributed by atoms with van der Waals surface area (Å²) in [4.78, 5) is 7.15. The highest BCUT2D eigenvalue weighted by atomic mass is 15.3. The minimum Gasteiger partial charge on any atom is -0.372 e. The van der Waals surface area contributed by atoms with Gasteiger partial charge in [-0.05, 0) is 45.2 Å². The van der Waals surface area contributed by atoms with Crippen LogP contribution in [0.5, 0.6) is 0 Å². The minimum atomic E-state index is 0.563. The zero-order valence-corrected chi connectivity index (χ0v) is 17.9. The molecule has 2 aromatic rings. The Labute approximate surface area is 174 Å². The van der Waals surface area contributed by atoms with Crippen molar-refractivity contribution in [2.24, 2.45) is 4.99 Å². The molecule has 2 heterocycles. The van der Waals surface area contributed by atoms with Crippen LogP contribution in [0.1, 0.15) is 51.2 Å². The maximum Gasteiger partial charge on any atom is 0.191 e. The molecule has 0 atom stereocenters. The zero-order valence-electron chi connectivity index (χ0n) is 17.9. The standard InChI is InChI=1S/C22H35N7/c1-3-23-22(24-15-11-16-28(4-2)19-12-7-5-8-13-19)25-18-21-27-26-20-14-9-6-10-17-29(20)21/h5,7-8,12-13H,3-4,6,9-11,14-18H2,1-2H3,(H2,23,24,25). The summed E-state index contributed by atoms with van der Waals surface area (Å²) in [6.45, 7) is 9.63. The van der Waals surface area contributed by atoms with Gasteiger partial charge in [0.25, 0.3) is 0 Å². The SMILES string of the molecule is CCNC(=NCc1nnc2n1CCCCC2)NCCCN(CC)c1ccccc1. The summed E-state index contributed by atoms with van der Waals surface area (Å²) in [5.41, 5.74) is 1.28. The van der Waals surface area contributed by atoms with Gasteiger partial charge in [-0.15, -0.1) is 10.2 Å². The molecule has 0 radical (unpaired) electrons. The monoisotopic (exact) mass is 397 g/mol. The van der Waals surface area contributed by atoms with Gasteiger partial charge in [0.1, 0.15) is 12.4 Å². The van der Waals surface area contributed by atoms with Crippen molar-refractivity contribution in [2.75, 3.05) is 31.1 Å². The number of para-hydroxylation sites is 1. The number of nitrogens with one attached hydrogen (secondary N) is 2. The Balaban J connectivity index is 1.50.